The largest absolute Gasteiger partial charge is 0.349 e. The summed E-state index contributed by atoms with van der Waals surface area (Å²) in [7, 11) is 0. The van der Waals surface area contributed by atoms with E-state index >= 15 is 0 Å². The zero-order chi connectivity index (χ0) is 11.1. The highest BCUT2D eigenvalue weighted by atomic mass is 35.5. The van der Waals surface area contributed by atoms with Crippen molar-refractivity contribution >= 4 is 17.5 Å². The van der Waals surface area contributed by atoms with Crippen molar-refractivity contribution in [2.75, 3.05) is 19.0 Å². The van der Waals surface area contributed by atoms with Crippen LogP contribution in [-0.4, -0.2) is 30.4 Å². The molecule has 15 heavy (non-hydrogen) atoms. The molecule has 2 N–H and O–H groups in total. The lowest BCUT2D eigenvalue weighted by Gasteiger charge is -2.46. The summed E-state index contributed by atoms with van der Waals surface area (Å²) in [5.41, 5.74) is -0.417. The Labute approximate surface area is 95.9 Å². The van der Waals surface area contributed by atoms with Gasteiger partial charge in [0, 0.05) is 19.0 Å². The molecule has 0 aromatic rings. The first kappa shape index (κ1) is 11.2. The van der Waals surface area contributed by atoms with Crippen LogP contribution in [0.3, 0.4) is 0 Å². The number of hydrogen-bond acceptors (Lipinski definition) is 2. The molecular weight excluding hydrogens is 212 g/mol. The number of nitrogens with one attached hydrogen (secondary N) is 2. The Balaban J connectivity index is 2.00. The normalized spacial score (nSPS) is 34.5. The number of carbonyl (C=O) groups is 1. The van der Waals surface area contributed by atoms with Gasteiger partial charge in [0.1, 0.15) is 0 Å². The highest BCUT2D eigenvalue weighted by Gasteiger charge is 2.51. The van der Waals surface area contributed by atoms with Gasteiger partial charge in [-0.3, -0.25) is 4.79 Å². The summed E-state index contributed by atoms with van der Waals surface area (Å²) in [4.78, 5) is 12.0. The second-order valence-electron chi connectivity index (χ2n) is 5.49. The average molecular weight is 231 g/mol. The number of carbonyl (C=O) groups excluding carboxylic acids is 1. The number of alkyl halides is 1. The molecule has 0 spiro atoms. The summed E-state index contributed by atoms with van der Waals surface area (Å²) in [5.74, 6) is 1.09. The average Bonchev–Trinajstić information content (AvgIpc) is 2.45. The minimum Gasteiger partial charge on any atom is -0.349 e. The fourth-order valence-electron chi connectivity index (χ4n) is 2.36. The SMILES string of the molecule is CC(C)(CCl)C(=O)NC12CCC1CNC2. The van der Waals surface area contributed by atoms with Crippen molar-refractivity contribution < 1.29 is 4.79 Å². The van der Waals surface area contributed by atoms with Crippen LogP contribution in [0.1, 0.15) is 26.7 Å². The second kappa shape index (κ2) is 3.63. The molecule has 2 unspecified atom stereocenters. The summed E-state index contributed by atoms with van der Waals surface area (Å²) in [6, 6.07) is 0. The van der Waals surface area contributed by atoms with Gasteiger partial charge in [0.2, 0.25) is 5.91 Å². The van der Waals surface area contributed by atoms with Gasteiger partial charge in [-0.25, -0.2) is 0 Å². The number of halogens is 1. The molecule has 1 amide bonds. The van der Waals surface area contributed by atoms with Gasteiger partial charge >= 0.3 is 0 Å². The molecule has 1 aliphatic heterocycles. The zero-order valence-corrected chi connectivity index (χ0v) is 10.2. The molecule has 4 heteroatoms. The van der Waals surface area contributed by atoms with Crippen LogP contribution in [0.15, 0.2) is 0 Å². The van der Waals surface area contributed by atoms with Gasteiger partial charge in [0.05, 0.1) is 11.0 Å². The molecule has 2 aliphatic rings. The van der Waals surface area contributed by atoms with Gasteiger partial charge in [-0.1, -0.05) is 0 Å². The van der Waals surface area contributed by atoms with Crippen molar-refractivity contribution in [3.05, 3.63) is 0 Å². The fraction of sp³-hybridized carbons (Fsp3) is 0.909. The molecule has 2 atom stereocenters. The van der Waals surface area contributed by atoms with E-state index in [-0.39, 0.29) is 11.4 Å². The number of fused-ring (bicyclic) bond motifs is 1. The lowest BCUT2D eigenvalue weighted by molar-refractivity contribution is -0.132. The Morgan fingerprint density at radius 3 is 2.87 bits per heavy atom. The summed E-state index contributed by atoms with van der Waals surface area (Å²) in [6.07, 6.45) is 2.34. The van der Waals surface area contributed by atoms with Crippen LogP contribution in [-0.2, 0) is 4.79 Å². The van der Waals surface area contributed by atoms with E-state index in [1.54, 1.807) is 0 Å². The quantitative estimate of drug-likeness (QED) is 0.714. The summed E-state index contributed by atoms with van der Waals surface area (Å²) in [5, 5.41) is 6.55. The smallest absolute Gasteiger partial charge is 0.227 e. The topological polar surface area (TPSA) is 41.1 Å². The van der Waals surface area contributed by atoms with Crippen molar-refractivity contribution in [1.82, 2.24) is 10.6 Å². The Kier molecular flexibility index (Phi) is 2.72. The van der Waals surface area contributed by atoms with Crippen LogP contribution in [0, 0.1) is 11.3 Å². The van der Waals surface area contributed by atoms with Gasteiger partial charge < -0.3 is 10.6 Å². The first-order chi connectivity index (χ1) is 7.00. The first-order valence-electron chi connectivity index (χ1n) is 5.59. The van der Waals surface area contributed by atoms with Crippen LogP contribution in [0.2, 0.25) is 0 Å². The Morgan fingerprint density at radius 1 is 1.67 bits per heavy atom. The molecule has 2 fully saturated rings. The van der Waals surface area contributed by atoms with Gasteiger partial charge in [-0.05, 0) is 32.6 Å². The fourth-order valence-corrected chi connectivity index (χ4v) is 2.48. The van der Waals surface area contributed by atoms with E-state index in [0.29, 0.717) is 11.8 Å². The van der Waals surface area contributed by atoms with E-state index in [1.807, 2.05) is 13.8 Å². The standard InChI is InChI=1S/C11H19ClN2O/c1-10(2,6-12)9(15)14-11-4-3-8(11)5-13-7-11/h8,13H,3-7H2,1-2H3,(H,14,15). The van der Waals surface area contributed by atoms with Crippen molar-refractivity contribution in [2.24, 2.45) is 11.3 Å². The molecule has 1 heterocycles. The predicted octanol–water partition coefficient (Wildman–Crippen LogP) is 1.12. The maximum atomic E-state index is 12.0. The number of amides is 1. The Bertz CT molecular complexity index is 280. The summed E-state index contributed by atoms with van der Waals surface area (Å²) >= 11 is 5.80. The van der Waals surface area contributed by atoms with Crippen molar-refractivity contribution in [3.8, 4) is 0 Å². The molecule has 1 saturated carbocycles. The minimum absolute atomic E-state index is 0.0421. The van der Waals surface area contributed by atoms with Crippen LogP contribution in [0.5, 0.6) is 0 Å². The van der Waals surface area contributed by atoms with E-state index in [0.717, 1.165) is 19.5 Å². The Hall–Kier alpha value is -0.280. The molecule has 1 aliphatic carbocycles. The molecule has 0 aromatic heterocycles. The molecule has 0 radical (unpaired) electrons. The second-order valence-corrected chi connectivity index (χ2v) is 5.76. The van der Waals surface area contributed by atoms with Crippen molar-refractivity contribution in [1.29, 1.82) is 0 Å². The van der Waals surface area contributed by atoms with Gasteiger partial charge in [-0.15, -0.1) is 11.6 Å². The van der Waals surface area contributed by atoms with E-state index in [1.165, 1.54) is 6.42 Å². The molecule has 3 nitrogen and oxygen atoms in total. The third-order valence-corrected chi connectivity index (χ3v) is 4.53. The molecule has 0 aromatic carbocycles. The maximum Gasteiger partial charge on any atom is 0.227 e. The highest BCUT2D eigenvalue weighted by molar-refractivity contribution is 6.19. The molecule has 2 rings (SSSR count). The van der Waals surface area contributed by atoms with Crippen LogP contribution in [0.4, 0.5) is 0 Å². The van der Waals surface area contributed by atoms with Crippen LogP contribution < -0.4 is 10.6 Å². The molecule has 1 saturated heterocycles. The predicted molar refractivity (Wildman–Crippen MR) is 61.0 cm³/mol. The maximum absolute atomic E-state index is 12.0. The molecular formula is C11H19ClN2O. The van der Waals surface area contributed by atoms with Gasteiger partial charge in [0.15, 0.2) is 0 Å². The number of rotatable bonds is 3. The Morgan fingerprint density at radius 2 is 2.40 bits per heavy atom. The zero-order valence-electron chi connectivity index (χ0n) is 9.40. The lowest BCUT2D eigenvalue weighted by Crippen LogP contribution is -2.62. The van der Waals surface area contributed by atoms with Gasteiger partial charge in [0.25, 0.3) is 0 Å². The minimum atomic E-state index is -0.459. The summed E-state index contributed by atoms with van der Waals surface area (Å²) in [6.45, 7) is 5.74. The molecule has 0 bridgehead atoms. The van der Waals surface area contributed by atoms with Crippen molar-refractivity contribution in [2.45, 2.75) is 32.2 Å². The van der Waals surface area contributed by atoms with E-state index < -0.39 is 5.41 Å². The number of hydrogen-bond donors (Lipinski definition) is 2. The van der Waals surface area contributed by atoms with E-state index in [9.17, 15) is 4.79 Å². The lowest BCUT2D eigenvalue weighted by atomic mass is 9.68. The molecule has 86 valence electrons. The monoisotopic (exact) mass is 230 g/mol. The van der Waals surface area contributed by atoms with Crippen molar-refractivity contribution in [3.63, 3.8) is 0 Å². The van der Waals surface area contributed by atoms with Crippen LogP contribution in [0.25, 0.3) is 0 Å². The third kappa shape index (κ3) is 1.76. The first-order valence-corrected chi connectivity index (χ1v) is 6.13. The van der Waals surface area contributed by atoms with E-state index in [2.05, 4.69) is 10.6 Å². The summed E-state index contributed by atoms with van der Waals surface area (Å²) < 4.78 is 0. The third-order valence-electron chi connectivity index (χ3n) is 3.86. The van der Waals surface area contributed by atoms with Crippen LogP contribution >= 0.6 is 11.6 Å². The van der Waals surface area contributed by atoms with Gasteiger partial charge in [-0.2, -0.15) is 0 Å². The van der Waals surface area contributed by atoms with E-state index in [4.69, 9.17) is 11.6 Å². The highest BCUT2D eigenvalue weighted by Crippen LogP contribution is 2.41.